The van der Waals surface area contributed by atoms with Crippen LogP contribution in [0.15, 0.2) is 526 Å². The first-order valence-corrected chi connectivity index (χ1v) is 52.0. The van der Waals surface area contributed by atoms with Gasteiger partial charge in [-0.3, -0.25) is 0 Å². The maximum absolute atomic E-state index is 6.28. The molecule has 2 aliphatic rings. The van der Waals surface area contributed by atoms with Crippen molar-refractivity contribution in [2.75, 3.05) is 19.6 Å². The maximum Gasteiger partial charge on any atom is 0.135 e. The number of benzene rings is 25. The van der Waals surface area contributed by atoms with Crippen LogP contribution in [0.5, 0.6) is 0 Å². The summed E-state index contributed by atoms with van der Waals surface area (Å²) in [4.78, 5) is 9.64. The van der Waals surface area contributed by atoms with Crippen molar-refractivity contribution < 1.29 is 4.42 Å². The number of rotatable bonds is 16. The van der Waals surface area contributed by atoms with Gasteiger partial charge in [0.25, 0.3) is 0 Å². The first-order chi connectivity index (χ1) is 72.9. The van der Waals surface area contributed by atoms with Gasteiger partial charge in [0.2, 0.25) is 0 Å². The third kappa shape index (κ3) is 14.6. The van der Waals surface area contributed by atoms with E-state index in [1.807, 2.05) is 23.5 Å². The predicted molar refractivity (Wildman–Crippen MR) is 631 cm³/mol. The summed E-state index contributed by atoms with van der Waals surface area (Å²) in [5, 5.41) is 22.6. The Bertz CT molecular complexity index is 9840. The van der Waals surface area contributed by atoms with E-state index in [4.69, 9.17) is 4.42 Å². The van der Waals surface area contributed by atoms with Gasteiger partial charge in [0.05, 0.1) is 5.69 Å². The van der Waals surface area contributed by atoms with Crippen LogP contribution >= 0.6 is 11.3 Å². The van der Waals surface area contributed by atoms with Crippen LogP contribution in [-0.2, 0) is 10.8 Å². The van der Waals surface area contributed by atoms with Gasteiger partial charge in [0.1, 0.15) is 11.2 Å². The van der Waals surface area contributed by atoms with Crippen LogP contribution < -0.4 is 19.6 Å². The molecule has 0 atom stereocenters. The first-order valence-electron chi connectivity index (χ1n) is 51.2. The van der Waals surface area contributed by atoms with E-state index in [-0.39, 0.29) is 10.8 Å². The normalized spacial score (nSPS) is 12.7. The molecule has 0 saturated heterocycles. The second kappa shape index (κ2) is 35.3. The molecule has 0 saturated carbocycles. The van der Waals surface area contributed by atoms with Crippen molar-refractivity contribution in [3.8, 4) is 66.8 Å². The Balaban J connectivity index is 0.000000143. The van der Waals surface area contributed by atoms with E-state index in [1.54, 1.807) is 0 Å². The van der Waals surface area contributed by atoms with Crippen LogP contribution in [-0.4, -0.2) is 0 Å². The van der Waals surface area contributed by atoms with Gasteiger partial charge in [-0.25, -0.2) is 0 Å². The highest BCUT2D eigenvalue weighted by Crippen LogP contribution is 2.57. The Kier molecular flexibility index (Phi) is 20.8. The largest absolute Gasteiger partial charge is 0.456 e. The van der Waals surface area contributed by atoms with E-state index in [2.05, 4.69) is 557 Å². The molecule has 148 heavy (non-hydrogen) atoms. The summed E-state index contributed by atoms with van der Waals surface area (Å²) in [6.07, 6.45) is 0. The summed E-state index contributed by atoms with van der Waals surface area (Å²) in [5.41, 5.74) is 34.7. The van der Waals surface area contributed by atoms with Gasteiger partial charge in [-0.1, -0.05) is 373 Å². The zero-order valence-electron chi connectivity index (χ0n) is 82.3. The minimum atomic E-state index is -0.293. The van der Waals surface area contributed by atoms with Crippen molar-refractivity contribution in [3.63, 3.8) is 0 Å². The molecule has 0 aliphatic heterocycles. The number of para-hydroxylation sites is 5. The lowest BCUT2D eigenvalue weighted by Gasteiger charge is -2.30. The van der Waals surface area contributed by atoms with Gasteiger partial charge < -0.3 is 24.0 Å². The number of nitrogens with zero attached hydrogens (tertiary/aromatic N) is 4. The first kappa shape index (κ1) is 87.3. The fourth-order valence-electron chi connectivity index (χ4n) is 24.2. The van der Waals surface area contributed by atoms with Gasteiger partial charge in [0.15, 0.2) is 0 Å². The highest BCUT2D eigenvalue weighted by molar-refractivity contribution is 7.26. The number of fused-ring (bicyclic) bond motifs is 25. The van der Waals surface area contributed by atoms with E-state index in [1.165, 1.54) is 179 Å². The van der Waals surface area contributed by atoms with Crippen LogP contribution in [0.2, 0.25) is 0 Å². The predicted octanol–water partition coefficient (Wildman–Crippen LogP) is 40.9. The Morgan fingerprint density at radius 2 is 0.453 bits per heavy atom. The molecule has 27 aromatic rings. The zero-order chi connectivity index (χ0) is 98.4. The van der Waals surface area contributed by atoms with Gasteiger partial charge in [-0.15, -0.1) is 11.3 Å². The molecule has 6 heteroatoms. The third-order valence-electron chi connectivity index (χ3n) is 31.5. The number of hydrogen-bond donors (Lipinski definition) is 0. The molecule has 0 amide bonds. The van der Waals surface area contributed by atoms with Crippen molar-refractivity contribution in [3.05, 3.63) is 544 Å². The molecular weight excluding hydrogens is 1810 g/mol. The number of furan rings is 1. The molecule has 2 aromatic heterocycles. The van der Waals surface area contributed by atoms with Crippen molar-refractivity contribution in [1.82, 2.24) is 0 Å². The lowest BCUT2D eigenvalue weighted by Crippen LogP contribution is -2.17. The molecule has 0 unspecified atom stereocenters. The minimum Gasteiger partial charge on any atom is -0.456 e. The van der Waals surface area contributed by atoms with E-state index in [0.717, 1.165) is 95.8 Å². The monoisotopic (exact) mass is 1910 g/mol. The van der Waals surface area contributed by atoms with Crippen molar-refractivity contribution in [2.24, 2.45) is 0 Å². The average Bonchev–Trinajstić information content (AvgIpc) is 1.57. The SMILES string of the molecule is CC1(C)c2cc(N(c3ccccc3)c3ccccc3)ccc2-c2ccc(N(c3ccc(-c4ccc5c6ccccc6c6ccccc6c5c4)cc3)c3ccc(-c4ccc5oc6ccccc6c5c4)c4ccccc34)cc21.CC1(C)c2cc(N(c3ccccc3)c3ccccc3)ccc2-c2ccc(N(c3ccc(-c4ccc5c6ccccc6c6ccccc6c5c4)cc3)c3ccc(-c4cccc5c4sc4ccccc45)cc3)cc21. The molecule has 698 valence electrons. The number of hydrogen-bond acceptors (Lipinski definition) is 6. The summed E-state index contributed by atoms with van der Waals surface area (Å²) in [6, 6.07) is 192. The topological polar surface area (TPSA) is 26.1 Å². The molecule has 29 rings (SSSR count). The second-order valence-electron chi connectivity index (χ2n) is 40.5. The molecule has 0 spiro atoms. The molecule has 2 aliphatic carbocycles. The summed E-state index contributed by atoms with van der Waals surface area (Å²) in [7, 11) is 0. The summed E-state index contributed by atoms with van der Waals surface area (Å²) in [6.45, 7) is 9.55. The van der Waals surface area contributed by atoms with Gasteiger partial charge >= 0.3 is 0 Å². The van der Waals surface area contributed by atoms with Gasteiger partial charge in [0, 0.05) is 110 Å². The molecule has 0 N–H and O–H groups in total. The minimum absolute atomic E-state index is 0.260. The second-order valence-corrected chi connectivity index (χ2v) is 41.5. The molecular formula is C142H98N4OS. The molecule has 0 bridgehead atoms. The number of anilines is 12. The molecule has 5 nitrogen and oxygen atoms in total. The lowest BCUT2D eigenvalue weighted by atomic mass is 9.82. The Morgan fingerprint density at radius 3 is 0.878 bits per heavy atom. The fraction of sp³-hybridized carbons (Fsp3) is 0.0423. The Labute approximate surface area is 863 Å². The highest BCUT2D eigenvalue weighted by Gasteiger charge is 2.40. The van der Waals surface area contributed by atoms with Crippen molar-refractivity contribution in [2.45, 2.75) is 38.5 Å². The van der Waals surface area contributed by atoms with E-state index < -0.39 is 0 Å². The molecule has 25 aromatic carbocycles. The molecule has 0 radical (unpaired) electrons. The van der Waals surface area contributed by atoms with Gasteiger partial charge in [-0.05, 0) is 335 Å². The van der Waals surface area contributed by atoms with Crippen molar-refractivity contribution >= 4 is 197 Å². The van der Waals surface area contributed by atoms with Crippen LogP contribution in [0.3, 0.4) is 0 Å². The summed E-state index contributed by atoms with van der Waals surface area (Å²) >= 11 is 1.88. The summed E-state index contributed by atoms with van der Waals surface area (Å²) in [5.74, 6) is 0. The van der Waals surface area contributed by atoms with E-state index in [0.29, 0.717) is 0 Å². The quantitative estimate of drug-likeness (QED) is 0.0899. The lowest BCUT2D eigenvalue weighted by molar-refractivity contribution is 0.660. The van der Waals surface area contributed by atoms with Crippen molar-refractivity contribution in [1.29, 1.82) is 0 Å². The third-order valence-corrected chi connectivity index (χ3v) is 32.7. The number of thiophene rings is 1. The van der Waals surface area contributed by atoms with Crippen LogP contribution in [0.1, 0.15) is 49.9 Å². The van der Waals surface area contributed by atoms with E-state index in [9.17, 15) is 0 Å². The van der Waals surface area contributed by atoms with Crippen LogP contribution in [0.4, 0.5) is 68.2 Å². The molecule has 0 fully saturated rings. The maximum atomic E-state index is 6.28. The van der Waals surface area contributed by atoms with Crippen LogP contribution in [0, 0.1) is 0 Å². The average molecular weight is 1910 g/mol. The fourth-order valence-corrected chi connectivity index (χ4v) is 25.5. The standard InChI is InChI=1S/C73H50N2O.C69H48N2S/c1-73(2)68-45-53(74(50-17-5-3-6-18-50)51-19-7-4-8-20-51)35-38-62(68)63-39-36-54(46-69(63)73)75(70-41-40-55(56-21-13-14-26-64(56)70)49-32-42-72-67(44-49)65-27-15-16-28-71(65)76-72)52-33-29-47(30-34-52)48-31-37-61-59-24-10-9-22-57(59)58-23-11-12-25-60(58)66(61)43-48;1-69(2)65-43-52(70(48-16-5-3-6-17-48)49-18-7-4-8-19-49)37-40-60(65)61-41-38-53(44-66(61)69)71(51-35-30-46(31-36-51)54-25-15-26-63-62-24-13-14-27-67(62)72-68(54)63)50-33-28-45(29-34-50)47-32-39-59-57-22-10-9-20-55(57)56-21-11-12-23-58(56)64(59)42-47/h3-46H,1-2H3;3-44H,1-2H3. The zero-order valence-corrected chi connectivity index (χ0v) is 83.1. The van der Waals surface area contributed by atoms with Crippen LogP contribution in [0.25, 0.3) is 184 Å². The highest BCUT2D eigenvalue weighted by atomic mass is 32.1. The smallest absolute Gasteiger partial charge is 0.135 e. The van der Waals surface area contributed by atoms with E-state index >= 15 is 0 Å². The Morgan fingerprint density at radius 1 is 0.162 bits per heavy atom. The van der Waals surface area contributed by atoms with Gasteiger partial charge in [-0.2, -0.15) is 0 Å². The Hall–Kier alpha value is -18.5. The molecule has 2 heterocycles. The summed E-state index contributed by atoms with van der Waals surface area (Å²) < 4.78 is 8.92.